The maximum Gasteiger partial charge on any atom is 0.0398 e. The van der Waals surface area contributed by atoms with E-state index in [9.17, 15) is 0 Å². The second-order valence-corrected chi connectivity index (χ2v) is 5.52. The van der Waals surface area contributed by atoms with Gasteiger partial charge in [-0.2, -0.15) is 0 Å². The van der Waals surface area contributed by atoms with E-state index in [1.807, 2.05) is 0 Å². The highest BCUT2D eigenvalue weighted by Crippen LogP contribution is 2.28. The number of benzene rings is 2. The van der Waals surface area contributed by atoms with Crippen molar-refractivity contribution in [3.05, 3.63) is 65.7 Å². The molecule has 0 saturated heterocycles. The Labute approximate surface area is 121 Å². The lowest BCUT2D eigenvalue weighted by Gasteiger charge is -2.34. The van der Waals surface area contributed by atoms with Crippen molar-refractivity contribution < 1.29 is 0 Å². The predicted octanol–water partition coefficient (Wildman–Crippen LogP) is 3.18. The van der Waals surface area contributed by atoms with Gasteiger partial charge >= 0.3 is 0 Å². The first-order chi connectivity index (χ1) is 9.88. The largest absolute Gasteiger partial charge is 0.371 e. The third-order valence-corrected chi connectivity index (χ3v) is 4.20. The van der Waals surface area contributed by atoms with Crippen molar-refractivity contribution in [2.24, 2.45) is 5.73 Å². The Morgan fingerprint density at radius 1 is 1.00 bits per heavy atom. The van der Waals surface area contributed by atoms with E-state index in [4.69, 9.17) is 5.73 Å². The van der Waals surface area contributed by atoms with Crippen molar-refractivity contribution >= 4 is 5.69 Å². The summed E-state index contributed by atoms with van der Waals surface area (Å²) in [5.74, 6) is 0.405. The molecule has 0 spiro atoms. The molecule has 0 saturated carbocycles. The molecule has 0 aliphatic carbocycles. The SMILES string of the molecule is NCC(CN1CCCc2ccccc21)c1ccccc1. The van der Waals surface area contributed by atoms with Gasteiger partial charge in [0.2, 0.25) is 0 Å². The molecule has 2 aromatic carbocycles. The van der Waals surface area contributed by atoms with Gasteiger partial charge in [0.25, 0.3) is 0 Å². The van der Waals surface area contributed by atoms with Crippen molar-refractivity contribution in [3.8, 4) is 0 Å². The van der Waals surface area contributed by atoms with Crippen LogP contribution in [0.25, 0.3) is 0 Å². The summed E-state index contributed by atoms with van der Waals surface area (Å²) >= 11 is 0. The molecule has 2 heteroatoms. The van der Waals surface area contributed by atoms with Crippen LogP contribution in [-0.4, -0.2) is 19.6 Å². The maximum absolute atomic E-state index is 6.02. The number of hydrogen-bond donors (Lipinski definition) is 1. The van der Waals surface area contributed by atoms with Gasteiger partial charge in [-0.1, -0.05) is 48.5 Å². The average molecular weight is 266 g/mol. The van der Waals surface area contributed by atoms with Crippen molar-refractivity contribution in [2.45, 2.75) is 18.8 Å². The van der Waals surface area contributed by atoms with Gasteiger partial charge in [-0.15, -0.1) is 0 Å². The lowest BCUT2D eigenvalue weighted by atomic mass is 9.96. The quantitative estimate of drug-likeness (QED) is 0.921. The molecule has 2 nitrogen and oxygen atoms in total. The molecule has 3 rings (SSSR count). The zero-order valence-electron chi connectivity index (χ0n) is 11.8. The predicted molar refractivity (Wildman–Crippen MR) is 85.2 cm³/mol. The van der Waals surface area contributed by atoms with Crippen molar-refractivity contribution in [1.29, 1.82) is 0 Å². The first-order valence-electron chi connectivity index (χ1n) is 7.46. The van der Waals surface area contributed by atoms with Crippen LogP contribution in [0.2, 0.25) is 0 Å². The number of nitrogens with zero attached hydrogens (tertiary/aromatic N) is 1. The summed E-state index contributed by atoms with van der Waals surface area (Å²) in [6.07, 6.45) is 2.44. The Balaban J connectivity index is 1.81. The summed E-state index contributed by atoms with van der Waals surface area (Å²) < 4.78 is 0. The number of hydrogen-bond acceptors (Lipinski definition) is 2. The monoisotopic (exact) mass is 266 g/mol. The summed E-state index contributed by atoms with van der Waals surface area (Å²) in [7, 11) is 0. The highest BCUT2D eigenvalue weighted by molar-refractivity contribution is 5.55. The smallest absolute Gasteiger partial charge is 0.0398 e. The molecular formula is C18H22N2. The van der Waals surface area contributed by atoms with Crippen LogP contribution in [-0.2, 0) is 6.42 Å². The Morgan fingerprint density at radius 2 is 1.75 bits per heavy atom. The van der Waals surface area contributed by atoms with Crippen LogP contribution in [0.5, 0.6) is 0 Å². The van der Waals surface area contributed by atoms with Gasteiger partial charge in [0, 0.05) is 31.2 Å². The molecule has 0 bridgehead atoms. The molecule has 2 aromatic rings. The molecule has 20 heavy (non-hydrogen) atoms. The van der Waals surface area contributed by atoms with E-state index < -0.39 is 0 Å². The molecule has 104 valence electrons. The molecule has 0 radical (unpaired) electrons. The second kappa shape index (κ2) is 6.10. The van der Waals surface area contributed by atoms with E-state index >= 15 is 0 Å². The minimum Gasteiger partial charge on any atom is -0.371 e. The third-order valence-electron chi connectivity index (χ3n) is 4.20. The molecule has 1 aliphatic heterocycles. The maximum atomic E-state index is 6.02. The van der Waals surface area contributed by atoms with Crippen LogP contribution in [0.3, 0.4) is 0 Å². The number of para-hydroxylation sites is 1. The standard InChI is InChI=1S/C18H22N2/c19-13-17(15-7-2-1-3-8-15)14-20-12-6-10-16-9-4-5-11-18(16)20/h1-5,7-9,11,17H,6,10,12-14,19H2. The van der Waals surface area contributed by atoms with E-state index in [2.05, 4.69) is 59.5 Å². The summed E-state index contributed by atoms with van der Waals surface area (Å²) in [4.78, 5) is 2.50. The highest BCUT2D eigenvalue weighted by Gasteiger charge is 2.20. The third kappa shape index (κ3) is 2.70. The number of anilines is 1. The Hall–Kier alpha value is -1.80. The first kappa shape index (κ1) is 13.2. The molecule has 1 aliphatic rings. The van der Waals surface area contributed by atoms with Gasteiger partial charge < -0.3 is 10.6 Å². The van der Waals surface area contributed by atoms with Crippen molar-refractivity contribution in [1.82, 2.24) is 0 Å². The normalized spacial score (nSPS) is 15.8. The van der Waals surface area contributed by atoms with Crippen molar-refractivity contribution in [2.75, 3.05) is 24.5 Å². The molecular weight excluding hydrogens is 244 g/mol. The minimum atomic E-state index is 0.405. The topological polar surface area (TPSA) is 29.3 Å². The molecule has 0 aromatic heterocycles. The summed E-state index contributed by atoms with van der Waals surface area (Å²) in [6, 6.07) is 19.4. The average Bonchev–Trinajstić information content (AvgIpc) is 2.53. The van der Waals surface area contributed by atoms with Gasteiger partial charge in [0.15, 0.2) is 0 Å². The Morgan fingerprint density at radius 3 is 2.55 bits per heavy atom. The van der Waals surface area contributed by atoms with E-state index in [-0.39, 0.29) is 0 Å². The fourth-order valence-electron chi connectivity index (χ4n) is 3.11. The van der Waals surface area contributed by atoms with Crippen LogP contribution in [0, 0.1) is 0 Å². The first-order valence-corrected chi connectivity index (χ1v) is 7.46. The number of aryl methyl sites for hydroxylation is 1. The lowest BCUT2D eigenvalue weighted by molar-refractivity contribution is 0.616. The van der Waals surface area contributed by atoms with Gasteiger partial charge in [0.05, 0.1) is 0 Å². The summed E-state index contributed by atoms with van der Waals surface area (Å²) in [5.41, 5.74) is 10.2. The molecule has 1 unspecified atom stereocenters. The number of fused-ring (bicyclic) bond motifs is 1. The molecule has 1 atom stereocenters. The molecule has 1 heterocycles. The van der Waals surface area contributed by atoms with Gasteiger partial charge in [0.1, 0.15) is 0 Å². The van der Waals surface area contributed by atoms with E-state index in [0.29, 0.717) is 12.5 Å². The van der Waals surface area contributed by atoms with Gasteiger partial charge in [-0.3, -0.25) is 0 Å². The van der Waals surface area contributed by atoms with Crippen molar-refractivity contribution in [3.63, 3.8) is 0 Å². The van der Waals surface area contributed by atoms with E-state index in [1.165, 1.54) is 29.7 Å². The zero-order valence-corrected chi connectivity index (χ0v) is 11.8. The zero-order chi connectivity index (χ0) is 13.8. The van der Waals surface area contributed by atoms with Crippen LogP contribution >= 0.6 is 0 Å². The summed E-state index contributed by atoms with van der Waals surface area (Å²) in [6.45, 7) is 2.85. The second-order valence-electron chi connectivity index (χ2n) is 5.52. The van der Waals surface area contributed by atoms with Crippen LogP contribution < -0.4 is 10.6 Å². The van der Waals surface area contributed by atoms with Crippen LogP contribution in [0.15, 0.2) is 54.6 Å². The van der Waals surface area contributed by atoms with Crippen LogP contribution in [0.4, 0.5) is 5.69 Å². The Bertz CT molecular complexity index is 550. The molecule has 0 amide bonds. The highest BCUT2D eigenvalue weighted by atomic mass is 15.1. The molecule has 0 fully saturated rings. The van der Waals surface area contributed by atoms with E-state index in [1.54, 1.807) is 0 Å². The lowest BCUT2D eigenvalue weighted by Crippen LogP contribution is -2.35. The fourth-order valence-corrected chi connectivity index (χ4v) is 3.11. The molecule has 2 N–H and O–H groups in total. The summed E-state index contributed by atoms with van der Waals surface area (Å²) in [5, 5.41) is 0. The Kier molecular flexibility index (Phi) is 4.03. The minimum absolute atomic E-state index is 0.405. The number of rotatable bonds is 4. The van der Waals surface area contributed by atoms with Gasteiger partial charge in [-0.05, 0) is 30.0 Å². The van der Waals surface area contributed by atoms with E-state index in [0.717, 1.165) is 13.1 Å². The fraction of sp³-hybridized carbons (Fsp3) is 0.333. The van der Waals surface area contributed by atoms with Gasteiger partial charge in [-0.25, -0.2) is 0 Å². The van der Waals surface area contributed by atoms with Crippen LogP contribution in [0.1, 0.15) is 23.5 Å². The number of nitrogens with two attached hydrogens (primary N) is 1.